The number of aliphatic imine (C=N–C) groups is 1. The van der Waals surface area contributed by atoms with Crippen LogP contribution in [0.1, 0.15) is 0 Å². The van der Waals surface area contributed by atoms with Crippen LogP contribution in [-0.4, -0.2) is 13.3 Å². The van der Waals surface area contributed by atoms with Crippen molar-refractivity contribution in [3.63, 3.8) is 0 Å². The van der Waals surface area contributed by atoms with E-state index in [2.05, 4.69) is 16.9 Å². The van der Waals surface area contributed by atoms with Crippen molar-refractivity contribution >= 4 is 6.21 Å². The Morgan fingerprint density at radius 2 is 2.44 bits per heavy atom. The molecule has 50 valence electrons. The normalized spacial score (nSPS) is 11.9. The molecule has 9 heavy (non-hydrogen) atoms. The Bertz CT molecular complexity index is 135. The molecule has 0 heterocycles. The van der Waals surface area contributed by atoms with Crippen molar-refractivity contribution in [2.45, 2.75) is 0 Å². The summed E-state index contributed by atoms with van der Waals surface area (Å²) in [7, 11) is 1.75. The number of rotatable bonds is 3. The van der Waals surface area contributed by atoms with E-state index in [1.807, 2.05) is 0 Å². The number of hydrogen-bond acceptors (Lipinski definition) is 3. The zero-order valence-electron chi connectivity index (χ0n) is 5.46. The largest absolute Gasteiger partial charge is 0.402 e. The second-order valence-electron chi connectivity index (χ2n) is 1.32. The molecular formula is C6H11N3. The highest BCUT2D eigenvalue weighted by Crippen LogP contribution is 1.82. The van der Waals surface area contributed by atoms with Gasteiger partial charge in [0.25, 0.3) is 0 Å². The summed E-state index contributed by atoms with van der Waals surface area (Å²) in [6.45, 7) is 3.46. The molecule has 0 atom stereocenters. The van der Waals surface area contributed by atoms with Gasteiger partial charge in [-0.1, -0.05) is 12.7 Å². The van der Waals surface area contributed by atoms with Gasteiger partial charge in [-0.25, -0.2) is 4.99 Å². The number of allylic oxidation sites excluding steroid dienone is 1. The fourth-order valence-corrected chi connectivity index (χ4v) is 0.324. The lowest BCUT2D eigenvalue weighted by atomic mass is 10.6. The van der Waals surface area contributed by atoms with Crippen LogP contribution in [0.3, 0.4) is 0 Å². The summed E-state index contributed by atoms with van der Waals surface area (Å²) in [6, 6.07) is 0. The highest BCUT2D eigenvalue weighted by atomic mass is 15.0. The third kappa shape index (κ3) is 3.34. The summed E-state index contributed by atoms with van der Waals surface area (Å²) in [6.07, 6.45) is 4.54. The molecule has 0 amide bonds. The van der Waals surface area contributed by atoms with Crippen molar-refractivity contribution in [3.05, 3.63) is 24.7 Å². The first-order valence-electron chi connectivity index (χ1n) is 2.60. The summed E-state index contributed by atoms with van der Waals surface area (Å²) >= 11 is 0. The minimum Gasteiger partial charge on any atom is -0.402 e. The van der Waals surface area contributed by atoms with Crippen LogP contribution in [0.5, 0.6) is 0 Å². The zero-order chi connectivity index (χ0) is 7.11. The third-order valence-corrected chi connectivity index (χ3v) is 0.733. The van der Waals surface area contributed by atoms with E-state index >= 15 is 0 Å². The Labute approximate surface area is 55.0 Å². The minimum atomic E-state index is 0.634. The maximum atomic E-state index is 5.15. The van der Waals surface area contributed by atoms with Crippen LogP contribution in [0.25, 0.3) is 0 Å². The first-order chi connectivity index (χ1) is 4.35. The van der Waals surface area contributed by atoms with Gasteiger partial charge >= 0.3 is 0 Å². The van der Waals surface area contributed by atoms with E-state index < -0.39 is 0 Å². The maximum Gasteiger partial charge on any atom is 0.141 e. The molecule has 0 saturated heterocycles. The number of nitrogens with zero attached hydrogens (tertiary/aromatic N) is 1. The highest BCUT2D eigenvalue weighted by Gasteiger charge is 1.79. The number of nitrogens with two attached hydrogens (primary N) is 1. The Hall–Kier alpha value is -1.25. The number of nitrogens with one attached hydrogen (secondary N) is 1. The monoisotopic (exact) mass is 125 g/mol. The predicted octanol–water partition coefficient (Wildman–Crippen LogP) is 0.220. The molecule has 0 saturated carbocycles. The quantitative estimate of drug-likeness (QED) is 0.530. The lowest BCUT2D eigenvalue weighted by molar-refractivity contribution is 0.960. The average molecular weight is 125 g/mol. The van der Waals surface area contributed by atoms with Gasteiger partial charge in [0.1, 0.15) is 5.82 Å². The molecule has 0 unspecified atom stereocenters. The number of hydrogen-bond donors (Lipinski definition) is 2. The molecule has 0 aromatic heterocycles. The Balaban J connectivity index is 3.84. The van der Waals surface area contributed by atoms with E-state index in [9.17, 15) is 0 Å². The molecule has 0 aromatic rings. The van der Waals surface area contributed by atoms with Crippen LogP contribution < -0.4 is 11.1 Å². The lowest BCUT2D eigenvalue weighted by Crippen LogP contribution is -2.05. The van der Waals surface area contributed by atoms with Crippen LogP contribution in [0.4, 0.5) is 0 Å². The highest BCUT2D eigenvalue weighted by molar-refractivity contribution is 5.71. The molecule has 3 N–H and O–H groups in total. The minimum absolute atomic E-state index is 0.634. The van der Waals surface area contributed by atoms with Crippen molar-refractivity contribution in [1.82, 2.24) is 5.32 Å². The molecule has 0 rings (SSSR count). The fraction of sp³-hybridized carbons (Fsp3) is 0.167. The SMILES string of the molecule is C=CC=N/C(=C\N)NC. The molecule has 0 aliphatic heterocycles. The maximum absolute atomic E-state index is 5.15. The van der Waals surface area contributed by atoms with Crippen molar-refractivity contribution in [3.8, 4) is 0 Å². The zero-order valence-corrected chi connectivity index (χ0v) is 5.46. The second kappa shape index (κ2) is 4.90. The molecule has 3 nitrogen and oxygen atoms in total. The molecule has 0 fully saturated rings. The van der Waals surface area contributed by atoms with Gasteiger partial charge in [-0.05, 0) is 0 Å². The third-order valence-electron chi connectivity index (χ3n) is 0.733. The van der Waals surface area contributed by atoms with E-state index in [-0.39, 0.29) is 0 Å². The lowest BCUT2D eigenvalue weighted by Gasteiger charge is -1.94. The van der Waals surface area contributed by atoms with E-state index in [0.29, 0.717) is 5.82 Å². The van der Waals surface area contributed by atoms with Crippen molar-refractivity contribution in [1.29, 1.82) is 0 Å². The molecule has 0 aliphatic rings. The van der Waals surface area contributed by atoms with Crippen molar-refractivity contribution in [2.24, 2.45) is 10.7 Å². The van der Waals surface area contributed by atoms with Crippen molar-refractivity contribution < 1.29 is 0 Å². The molecule has 0 radical (unpaired) electrons. The predicted molar refractivity (Wildman–Crippen MR) is 40.0 cm³/mol. The molecule has 0 aromatic carbocycles. The first-order valence-corrected chi connectivity index (χ1v) is 2.60. The summed E-state index contributed by atoms with van der Waals surface area (Å²) in [5.74, 6) is 0.634. The van der Waals surface area contributed by atoms with Crippen molar-refractivity contribution in [2.75, 3.05) is 7.05 Å². The van der Waals surface area contributed by atoms with Gasteiger partial charge < -0.3 is 11.1 Å². The van der Waals surface area contributed by atoms with E-state index in [0.717, 1.165) is 0 Å². The molecule has 0 spiro atoms. The van der Waals surface area contributed by atoms with E-state index in [4.69, 9.17) is 5.73 Å². The molecule has 0 bridgehead atoms. The van der Waals surface area contributed by atoms with E-state index in [1.54, 1.807) is 19.3 Å². The molecule has 3 heteroatoms. The summed E-state index contributed by atoms with van der Waals surface area (Å²) in [4.78, 5) is 3.86. The van der Waals surface area contributed by atoms with Crippen LogP contribution in [-0.2, 0) is 0 Å². The van der Waals surface area contributed by atoms with Crippen LogP contribution >= 0.6 is 0 Å². The summed E-state index contributed by atoms with van der Waals surface area (Å²) in [5, 5.41) is 2.78. The summed E-state index contributed by atoms with van der Waals surface area (Å²) in [5.41, 5.74) is 5.15. The fourth-order valence-electron chi connectivity index (χ4n) is 0.324. The second-order valence-corrected chi connectivity index (χ2v) is 1.32. The molecular weight excluding hydrogens is 114 g/mol. The Morgan fingerprint density at radius 3 is 2.78 bits per heavy atom. The summed E-state index contributed by atoms with van der Waals surface area (Å²) < 4.78 is 0. The standard InChI is InChI=1S/C6H11N3/c1-3-4-9-6(5-7)8-2/h3-5,8H,1,7H2,2H3/b6-5-,9-4?. The van der Waals surface area contributed by atoms with Crippen LogP contribution in [0.2, 0.25) is 0 Å². The van der Waals surface area contributed by atoms with Gasteiger partial charge in [-0.15, -0.1) is 0 Å². The van der Waals surface area contributed by atoms with Gasteiger partial charge in [0.2, 0.25) is 0 Å². The Morgan fingerprint density at radius 1 is 1.78 bits per heavy atom. The van der Waals surface area contributed by atoms with Gasteiger partial charge in [-0.2, -0.15) is 0 Å². The van der Waals surface area contributed by atoms with Crippen LogP contribution in [0, 0.1) is 0 Å². The first kappa shape index (κ1) is 7.75. The smallest absolute Gasteiger partial charge is 0.141 e. The van der Waals surface area contributed by atoms with Gasteiger partial charge in [0.05, 0.1) is 0 Å². The average Bonchev–Trinajstić information content (AvgIpc) is 1.91. The van der Waals surface area contributed by atoms with E-state index in [1.165, 1.54) is 6.20 Å². The van der Waals surface area contributed by atoms with Crippen LogP contribution in [0.15, 0.2) is 29.7 Å². The van der Waals surface area contributed by atoms with Gasteiger partial charge in [0, 0.05) is 19.5 Å². The van der Waals surface area contributed by atoms with Gasteiger partial charge in [0.15, 0.2) is 0 Å². The van der Waals surface area contributed by atoms with Gasteiger partial charge in [-0.3, -0.25) is 0 Å². The topological polar surface area (TPSA) is 50.4 Å². The Kier molecular flexibility index (Phi) is 4.22. The molecule has 0 aliphatic carbocycles.